The number of rotatable bonds is 3. The first-order valence-corrected chi connectivity index (χ1v) is 8.78. The number of nitrogens with zero attached hydrogens (tertiary/aromatic N) is 1. The van der Waals surface area contributed by atoms with Gasteiger partial charge in [-0.2, -0.15) is 0 Å². The smallest absolute Gasteiger partial charge is 0.379 e. The molecule has 6 nitrogen and oxygen atoms in total. The van der Waals surface area contributed by atoms with Crippen molar-refractivity contribution in [2.45, 2.75) is 26.2 Å². The van der Waals surface area contributed by atoms with Crippen molar-refractivity contribution in [2.75, 3.05) is 4.90 Å². The van der Waals surface area contributed by atoms with Gasteiger partial charge in [-0.25, -0.2) is 9.69 Å². The lowest BCUT2D eigenvalue weighted by atomic mass is 9.76. The van der Waals surface area contributed by atoms with Crippen molar-refractivity contribution >= 4 is 23.5 Å². The van der Waals surface area contributed by atoms with E-state index in [-0.39, 0.29) is 35.2 Å². The largest absolute Gasteiger partial charge is 0.457 e. The fourth-order valence-electron chi connectivity index (χ4n) is 3.88. The number of hydrogen-bond donors (Lipinski definition) is 0. The van der Waals surface area contributed by atoms with E-state index in [1.807, 2.05) is 0 Å². The minimum absolute atomic E-state index is 0.0868. The minimum atomic E-state index is -0.631. The summed E-state index contributed by atoms with van der Waals surface area (Å²) in [6.45, 7) is 2.12. The molecule has 2 amide bonds. The molecule has 2 heterocycles. The van der Waals surface area contributed by atoms with Crippen LogP contribution in [0.2, 0.25) is 0 Å². The SMILES string of the molecule is CC1CCC2C(=O)N(c3cccc(OC(=O)c4ccco4)c3)C(=O)C2C1. The van der Waals surface area contributed by atoms with Crippen molar-refractivity contribution < 1.29 is 23.5 Å². The van der Waals surface area contributed by atoms with Gasteiger partial charge in [-0.15, -0.1) is 0 Å². The normalized spacial score (nSPS) is 25.3. The molecule has 4 rings (SSSR count). The summed E-state index contributed by atoms with van der Waals surface area (Å²) in [7, 11) is 0. The molecule has 134 valence electrons. The van der Waals surface area contributed by atoms with Gasteiger partial charge in [0.1, 0.15) is 5.75 Å². The second-order valence-electron chi connectivity index (χ2n) is 7.01. The Bertz CT molecular complexity index is 857. The zero-order valence-corrected chi connectivity index (χ0v) is 14.4. The molecule has 0 spiro atoms. The summed E-state index contributed by atoms with van der Waals surface area (Å²) in [5.41, 5.74) is 0.437. The Balaban J connectivity index is 1.57. The maximum absolute atomic E-state index is 12.8. The molecule has 3 atom stereocenters. The van der Waals surface area contributed by atoms with Gasteiger partial charge in [0.15, 0.2) is 0 Å². The Morgan fingerprint density at radius 1 is 1.12 bits per heavy atom. The van der Waals surface area contributed by atoms with Gasteiger partial charge >= 0.3 is 5.97 Å². The van der Waals surface area contributed by atoms with Crippen molar-refractivity contribution in [1.82, 2.24) is 0 Å². The van der Waals surface area contributed by atoms with Gasteiger partial charge in [0.25, 0.3) is 0 Å². The van der Waals surface area contributed by atoms with Gasteiger partial charge in [0, 0.05) is 6.07 Å². The molecule has 1 aliphatic carbocycles. The van der Waals surface area contributed by atoms with Crippen LogP contribution in [0.25, 0.3) is 0 Å². The number of fused-ring (bicyclic) bond motifs is 1. The van der Waals surface area contributed by atoms with Crippen LogP contribution in [0.4, 0.5) is 5.69 Å². The highest BCUT2D eigenvalue weighted by Gasteiger charge is 2.50. The summed E-state index contributed by atoms with van der Waals surface area (Å²) in [4.78, 5) is 38.8. The van der Waals surface area contributed by atoms with Crippen molar-refractivity contribution in [2.24, 2.45) is 17.8 Å². The molecule has 0 N–H and O–H groups in total. The van der Waals surface area contributed by atoms with E-state index in [0.717, 1.165) is 19.3 Å². The molecule has 3 unspecified atom stereocenters. The Labute approximate surface area is 150 Å². The molecule has 0 radical (unpaired) electrons. The Morgan fingerprint density at radius 2 is 1.92 bits per heavy atom. The van der Waals surface area contributed by atoms with Gasteiger partial charge in [0.05, 0.1) is 23.8 Å². The van der Waals surface area contributed by atoms with Crippen LogP contribution in [0.3, 0.4) is 0 Å². The van der Waals surface area contributed by atoms with E-state index in [9.17, 15) is 14.4 Å². The van der Waals surface area contributed by atoms with E-state index >= 15 is 0 Å². The summed E-state index contributed by atoms with van der Waals surface area (Å²) >= 11 is 0. The fourth-order valence-corrected chi connectivity index (χ4v) is 3.88. The molecule has 1 saturated heterocycles. The van der Waals surface area contributed by atoms with Crippen LogP contribution in [0.1, 0.15) is 36.7 Å². The predicted molar refractivity (Wildman–Crippen MR) is 92.6 cm³/mol. The van der Waals surface area contributed by atoms with Crippen LogP contribution in [0.15, 0.2) is 47.1 Å². The number of benzene rings is 1. The second kappa shape index (κ2) is 6.44. The summed E-state index contributed by atoms with van der Waals surface area (Å²) in [6.07, 6.45) is 3.85. The number of carbonyl (C=O) groups excluding carboxylic acids is 3. The lowest BCUT2D eigenvalue weighted by Crippen LogP contribution is -2.30. The molecule has 1 aromatic heterocycles. The quantitative estimate of drug-likeness (QED) is 0.480. The number of furan rings is 1. The maximum Gasteiger partial charge on any atom is 0.379 e. The van der Waals surface area contributed by atoms with Crippen LogP contribution < -0.4 is 9.64 Å². The lowest BCUT2D eigenvalue weighted by molar-refractivity contribution is -0.122. The standard InChI is InChI=1S/C20H19NO5/c1-12-7-8-15-16(10-12)19(23)21(18(15)22)13-4-2-5-14(11-13)26-20(24)17-6-3-9-25-17/h2-6,9,11-12,15-16H,7-8,10H2,1H3. The number of imide groups is 1. The molecule has 2 aromatic rings. The first-order valence-electron chi connectivity index (χ1n) is 8.78. The van der Waals surface area contributed by atoms with E-state index in [4.69, 9.17) is 9.15 Å². The Kier molecular flexibility index (Phi) is 4.11. The highest BCUT2D eigenvalue weighted by molar-refractivity contribution is 6.22. The predicted octanol–water partition coefficient (Wildman–Crippen LogP) is 3.42. The van der Waals surface area contributed by atoms with Crippen LogP contribution in [-0.4, -0.2) is 17.8 Å². The highest BCUT2D eigenvalue weighted by Crippen LogP contribution is 2.42. The molecule has 2 aliphatic rings. The number of anilines is 1. The van der Waals surface area contributed by atoms with E-state index in [1.54, 1.807) is 24.3 Å². The molecular weight excluding hydrogens is 334 g/mol. The molecule has 2 fully saturated rings. The lowest BCUT2D eigenvalue weighted by Gasteiger charge is -2.25. The molecule has 26 heavy (non-hydrogen) atoms. The highest BCUT2D eigenvalue weighted by atomic mass is 16.5. The third-order valence-corrected chi connectivity index (χ3v) is 5.20. The Hall–Kier alpha value is -2.89. The van der Waals surface area contributed by atoms with Crippen LogP contribution in [0.5, 0.6) is 5.75 Å². The van der Waals surface area contributed by atoms with Gasteiger partial charge in [-0.1, -0.05) is 13.0 Å². The van der Waals surface area contributed by atoms with Gasteiger partial charge in [-0.3, -0.25) is 9.59 Å². The van der Waals surface area contributed by atoms with Crippen molar-refractivity contribution in [3.8, 4) is 5.75 Å². The Morgan fingerprint density at radius 3 is 2.69 bits per heavy atom. The van der Waals surface area contributed by atoms with E-state index < -0.39 is 5.97 Å². The van der Waals surface area contributed by atoms with E-state index in [0.29, 0.717) is 11.6 Å². The summed E-state index contributed by atoms with van der Waals surface area (Å²) in [5.74, 6) is -0.602. The van der Waals surface area contributed by atoms with E-state index in [1.165, 1.54) is 23.3 Å². The maximum atomic E-state index is 12.8. The zero-order chi connectivity index (χ0) is 18.3. The molecule has 1 aromatic carbocycles. The zero-order valence-electron chi connectivity index (χ0n) is 14.4. The van der Waals surface area contributed by atoms with Crippen molar-refractivity contribution in [3.63, 3.8) is 0 Å². The third-order valence-electron chi connectivity index (χ3n) is 5.20. The molecule has 1 saturated carbocycles. The number of ether oxygens (including phenoxy) is 1. The second-order valence-corrected chi connectivity index (χ2v) is 7.01. The number of esters is 1. The van der Waals surface area contributed by atoms with E-state index in [2.05, 4.69) is 6.92 Å². The topological polar surface area (TPSA) is 76.8 Å². The average Bonchev–Trinajstić information content (AvgIpc) is 3.23. The first kappa shape index (κ1) is 16.6. The van der Waals surface area contributed by atoms with Gasteiger partial charge in [0.2, 0.25) is 17.6 Å². The minimum Gasteiger partial charge on any atom is -0.457 e. The molecule has 0 bridgehead atoms. The van der Waals surface area contributed by atoms with Crippen molar-refractivity contribution in [1.29, 1.82) is 0 Å². The molecule has 6 heteroatoms. The molecular formula is C20H19NO5. The molecule has 1 aliphatic heterocycles. The summed E-state index contributed by atoms with van der Waals surface area (Å²) < 4.78 is 10.3. The monoisotopic (exact) mass is 353 g/mol. The van der Waals surface area contributed by atoms with Crippen LogP contribution in [0, 0.1) is 17.8 Å². The van der Waals surface area contributed by atoms with Gasteiger partial charge < -0.3 is 9.15 Å². The average molecular weight is 353 g/mol. The fraction of sp³-hybridized carbons (Fsp3) is 0.350. The summed E-state index contributed by atoms with van der Waals surface area (Å²) in [6, 6.07) is 9.58. The van der Waals surface area contributed by atoms with Crippen molar-refractivity contribution in [3.05, 3.63) is 48.4 Å². The van der Waals surface area contributed by atoms with Crippen LogP contribution in [-0.2, 0) is 9.59 Å². The number of amides is 2. The number of carbonyl (C=O) groups is 3. The first-order chi connectivity index (χ1) is 12.5. The van der Waals surface area contributed by atoms with Crippen LogP contribution >= 0.6 is 0 Å². The summed E-state index contributed by atoms with van der Waals surface area (Å²) in [5, 5.41) is 0. The third kappa shape index (κ3) is 2.81. The van der Waals surface area contributed by atoms with Gasteiger partial charge in [-0.05, 0) is 49.4 Å². The number of hydrogen-bond acceptors (Lipinski definition) is 5.